The number of amides is 1. The van der Waals surface area contributed by atoms with Gasteiger partial charge in [0.05, 0.1) is 0 Å². The number of aliphatic carboxylic acids is 1. The van der Waals surface area contributed by atoms with Gasteiger partial charge in [0.1, 0.15) is 11.9 Å². The van der Waals surface area contributed by atoms with Crippen LogP contribution in [0.1, 0.15) is 36.2 Å². The molecule has 0 saturated heterocycles. The van der Waals surface area contributed by atoms with Crippen molar-refractivity contribution in [3.8, 4) is 0 Å². The Morgan fingerprint density at radius 1 is 1.37 bits per heavy atom. The number of hydrogen-bond donors (Lipinski definition) is 2. The number of carbonyl (C=O) groups excluding carboxylic acids is 1. The standard InChI is InChI=1S/C14H18FNO3/c1-8(2)6-12(14(18)19)16-13(17)11-5-4-10(15)7-9(11)3/h4-5,7-8,12H,6H2,1-3H3,(H,16,17)(H,18,19). The van der Waals surface area contributed by atoms with Crippen LogP contribution in [0.15, 0.2) is 18.2 Å². The maximum atomic E-state index is 12.9. The number of hydrogen-bond acceptors (Lipinski definition) is 2. The Hall–Kier alpha value is -1.91. The van der Waals surface area contributed by atoms with Crippen LogP contribution < -0.4 is 5.32 Å². The van der Waals surface area contributed by atoms with Crippen molar-refractivity contribution in [2.24, 2.45) is 5.92 Å². The molecule has 1 aromatic carbocycles. The predicted octanol–water partition coefficient (Wildman–Crippen LogP) is 2.36. The summed E-state index contributed by atoms with van der Waals surface area (Å²) in [5, 5.41) is 11.5. The van der Waals surface area contributed by atoms with E-state index in [0.29, 0.717) is 12.0 Å². The van der Waals surface area contributed by atoms with E-state index in [-0.39, 0.29) is 11.5 Å². The molecule has 0 aliphatic carbocycles. The van der Waals surface area contributed by atoms with Crippen molar-refractivity contribution in [3.05, 3.63) is 35.1 Å². The van der Waals surface area contributed by atoms with Gasteiger partial charge in [0.25, 0.3) is 5.91 Å². The van der Waals surface area contributed by atoms with Crippen LogP contribution in [0.5, 0.6) is 0 Å². The monoisotopic (exact) mass is 267 g/mol. The summed E-state index contributed by atoms with van der Waals surface area (Å²) in [6.45, 7) is 5.37. The van der Waals surface area contributed by atoms with Gasteiger partial charge in [-0.05, 0) is 43.0 Å². The van der Waals surface area contributed by atoms with Crippen molar-refractivity contribution in [2.75, 3.05) is 0 Å². The van der Waals surface area contributed by atoms with E-state index < -0.39 is 23.7 Å². The van der Waals surface area contributed by atoms with Crippen molar-refractivity contribution >= 4 is 11.9 Å². The fourth-order valence-electron chi connectivity index (χ4n) is 1.81. The minimum atomic E-state index is -1.07. The van der Waals surface area contributed by atoms with Crippen LogP contribution in [0.2, 0.25) is 0 Å². The molecule has 0 heterocycles. The van der Waals surface area contributed by atoms with E-state index in [1.165, 1.54) is 18.2 Å². The number of benzene rings is 1. The second-order valence-corrected chi connectivity index (χ2v) is 4.95. The zero-order valence-corrected chi connectivity index (χ0v) is 11.2. The topological polar surface area (TPSA) is 66.4 Å². The van der Waals surface area contributed by atoms with Crippen LogP contribution in [0.25, 0.3) is 0 Å². The molecule has 2 N–H and O–H groups in total. The highest BCUT2D eigenvalue weighted by molar-refractivity contribution is 5.97. The maximum absolute atomic E-state index is 12.9. The summed E-state index contributed by atoms with van der Waals surface area (Å²) in [5.41, 5.74) is 0.766. The molecule has 1 atom stereocenters. The average molecular weight is 267 g/mol. The first-order valence-electron chi connectivity index (χ1n) is 6.11. The van der Waals surface area contributed by atoms with E-state index in [1.54, 1.807) is 6.92 Å². The highest BCUT2D eigenvalue weighted by atomic mass is 19.1. The van der Waals surface area contributed by atoms with Gasteiger partial charge >= 0.3 is 5.97 Å². The first-order valence-corrected chi connectivity index (χ1v) is 6.11. The fourth-order valence-corrected chi connectivity index (χ4v) is 1.81. The molecule has 4 nitrogen and oxygen atoms in total. The van der Waals surface area contributed by atoms with Crippen LogP contribution >= 0.6 is 0 Å². The normalized spacial score (nSPS) is 12.3. The third kappa shape index (κ3) is 4.35. The molecule has 0 bridgehead atoms. The van der Waals surface area contributed by atoms with Gasteiger partial charge in [0, 0.05) is 5.56 Å². The molecule has 0 saturated carbocycles. The van der Waals surface area contributed by atoms with Crippen LogP contribution in [0, 0.1) is 18.7 Å². The van der Waals surface area contributed by atoms with Crippen molar-refractivity contribution in [3.63, 3.8) is 0 Å². The molecular formula is C14H18FNO3. The van der Waals surface area contributed by atoms with Crippen LogP contribution in [-0.4, -0.2) is 23.0 Å². The third-order valence-corrected chi connectivity index (χ3v) is 2.74. The van der Waals surface area contributed by atoms with Crippen molar-refractivity contribution in [2.45, 2.75) is 33.2 Å². The molecule has 1 unspecified atom stereocenters. The lowest BCUT2D eigenvalue weighted by atomic mass is 10.0. The van der Waals surface area contributed by atoms with Gasteiger partial charge in [-0.15, -0.1) is 0 Å². The highest BCUT2D eigenvalue weighted by Crippen LogP contribution is 2.11. The molecule has 0 aromatic heterocycles. The number of nitrogens with one attached hydrogen (secondary N) is 1. The van der Waals surface area contributed by atoms with Gasteiger partial charge in [-0.1, -0.05) is 13.8 Å². The van der Waals surface area contributed by atoms with E-state index in [0.717, 1.165) is 0 Å². The van der Waals surface area contributed by atoms with Gasteiger partial charge in [0.15, 0.2) is 0 Å². The molecule has 19 heavy (non-hydrogen) atoms. The van der Waals surface area contributed by atoms with E-state index in [1.807, 2.05) is 13.8 Å². The molecule has 0 spiro atoms. The second-order valence-electron chi connectivity index (χ2n) is 4.95. The average Bonchev–Trinajstić information content (AvgIpc) is 2.26. The number of carboxylic acid groups (broad SMARTS) is 1. The molecule has 1 aromatic rings. The minimum absolute atomic E-state index is 0.149. The quantitative estimate of drug-likeness (QED) is 0.860. The number of carboxylic acids is 1. The summed E-state index contributed by atoms with van der Waals surface area (Å²) in [7, 11) is 0. The molecular weight excluding hydrogens is 249 g/mol. The van der Waals surface area contributed by atoms with Crippen molar-refractivity contribution < 1.29 is 19.1 Å². The molecule has 0 aliphatic rings. The molecule has 0 radical (unpaired) electrons. The molecule has 0 fully saturated rings. The Labute approximate surface area is 111 Å². The Morgan fingerprint density at radius 2 is 2.00 bits per heavy atom. The van der Waals surface area contributed by atoms with Crippen LogP contribution in [0.4, 0.5) is 4.39 Å². The van der Waals surface area contributed by atoms with E-state index in [2.05, 4.69) is 5.32 Å². The maximum Gasteiger partial charge on any atom is 0.326 e. The Balaban J connectivity index is 2.84. The molecule has 1 rings (SSSR count). The summed E-state index contributed by atoms with van der Waals surface area (Å²) in [5.74, 6) is -1.84. The lowest BCUT2D eigenvalue weighted by molar-refractivity contribution is -0.139. The largest absolute Gasteiger partial charge is 0.480 e. The van der Waals surface area contributed by atoms with Crippen molar-refractivity contribution in [1.29, 1.82) is 0 Å². The number of halogens is 1. The Bertz CT molecular complexity index is 486. The predicted molar refractivity (Wildman–Crippen MR) is 69.5 cm³/mol. The minimum Gasteiger partial charge on any atom is -0.480 e. The second kappa shape index (κ2) is 6.31. The van der Waals surface area contributed by atoms with Crippen LogP contribution in [0.3, 0.4) is 0 Å². The number of rotatable bonds is 5. The first kappa shape index (κ1) is 15.1. The molecule has 1 amide bonds. The summed E-state index contributed by atoms with van der Waals surface area (Å²) < 4.78 is 12.9. The summed E-state index contributed by atoms with van der Waals surface area (Å²) in [4.78, 5) is 23.0. The van der Waals surface area contributed by atoms with Gasteiger partial charge in [-0.3, -0.25) is 4.79 Å². The third-order valence-electron chi connectivity index (χ3n) is 2.74. The van der Waals surface area contributed by atoms with Gasteiger partial charge < -0.3 is 10.4 Å². The Kier molecular flexibility index (Phi) is 5.03. The summed E-state index contributed by atoms with van der Waals surface area (Å²) in [6.07, 6.45) is 0.349. The smallest absolute Gasteiger partial charge is 0.326 e. The first-order chi connectivity index (χ1) is 8.81. The lowest BCUT2D eigenvalue weighted by Gasteiger charge is -2.17. The van der Waals surface area contributed by atoms with E-state index in [9.17, 15) is 14.0 Å². The Morgan fingerprint density at radius 3 is 2.47 bits per heavy atom. The van der Waals surface area contributed by atoms with Crippen molar-refractivity contribution in [1.82, 2.24) is 5.32 Å². The SMILES string of the molecule is Cc1cc(F)ccc1C(=O)NC(CC(C)C)C(=O)O. The molecule has 0 aliphatic heterocycles. The van der Waals surface area contributed by atoms with E-state index >= 15 is 0 Å². The van der Waals surface area contributed by atoms with Gasteiger partial charge in [-0.2, -0.15) is 0 Å². The summed E-state index contributed by atoms with van der Waals surface area (Å²) >= 11 is 0. The van der Waals surface area contributed by atoms with Crippen LogP contribution in [-0.2, 0) is 4.79 Å². The summed E-state index contributed by atoms with van der Waals surface area (Å²) in [6, 6.07) is 2.85. The number of aryl methyl sites for hydroxylation is 1. The van der Waals surface area contributed by atoms with Gasteiger partial charge in [-0.25, -0.2) is 9.18 Å². The fraction of sp³-hybridized carbons (Fsp3) is 0.429. The zero-order chi connectivity index (χ0) is 14.6. The lowest BCUT2D eigenvalue weighted by Crippen LogP contribution is -2.41. The van der Waals surface area contributed by atoms with E-state index in [4.69, 9.17) is 5.11 Å². The highest BCUT2D eigenvalue weighted by Gasteiger charge is 2.22. The van der Waals surface area contributed by atoms with Gasteiger partial charge in [0.2, 0.25) is 0 Å². The number of carbonyl (C=O) groups is 2. The molecule has 104 valence electrons. The zero-order valence-electron chi connectivity index (χ0n) is 11.2. The molecule has 5 heteroatoms.